The number of nitrogens with zero attached hydrogens (tertiary/aromatic N) is 4. The van der Waals surface area contributed by atoms with Crippen molar-refractivity contribution in [2.75, 3.05) is 38.6 Å². The number of pyridine rings is 1. The summed E-state index contributed by atoms with van der Waals surface area (Å²) in [6.45, 7) is 3.36. The molecule has 0 aromatic carbocycles. The molecule has 1 fully saturated rings. The van der Waals surface area contributed by atoms with Gasteiger partial charge in [0.1, 0.15) is 5.69 Å². The molecule has 0 saturated carbocycles. The topological polar surface area (TPSA) is 78.0 Å². The number of anilines is 1. The SMILES string of the molecule is CN1CCC(CN(C)c2ccnc(C(N)=NO)c2)CC1. The minimum absolute atomic E-state index is 0.0412. The first-order chi connectivity index (χ1) is 9.60. The minimum atomic E-state index is 0.0412. The van der Waals surface area contributed by atoms with Crippen molar-refractivity contribution in [2.24, 2.45) is 16.8 Å². The highest BCUT2D eigenvalue weighted by atomic mass is 16.4. The predicted molar refractivity (Wildman–Crippen MR) is 80.2 cm³/mol. The van der Waals surface area contributed by atoms with Crippen LogP contribution in [0.5, 0.6) is 0 Å². The summed E-state index contributed by atoms with van der Waals surface area (Å²) in [6.07, 6.45) is 4.16. The van der Waals surface area contributed by atoms with Gasteiger partial charge < -0.3 is 20.7 Å². The van der Waals surface area contributed by atoms with Crippen molar-refractivity contribution in [3.05, 3.63) is 24.0 Å². The van der Waals surface area contributed by atoms with Gasteiger partial charge in [-0.1, -0.05) is 5.16 Å². The maximum Gasteiger partial charge on any atom is 0.188 e. The third-order valence-electron chi connectivity index (χ3n) is 3.92. The summed E-state index contributed by atoms with van der Waals surface area (Å²) in [5, 5.41) is 11.7. The Morgan fingerprint density at radius 2 is 2.25 bits per heavy atom. The molecular weight excluding hydrogens is 254 g/mol. The van der Waals surface area contributed by atoms with Gasteiger partial charge in [-0.15, -0.1) is 0 Å². The number of hydrogen-bond donors (Lipinski definition) is 2. The fourth-order valence-electron chi connectivity index (χ4n) is 2.59. The maximum atomic E-state index is 8.71. The van der Waals surface area contributed by atoms with Crippen molar-refractivity contribution in [3.8, 4) is 0 Å². The fourth-order valence-corrected chi connectivity index (χ4v) is 2.59. The molecule has 0 bridgehead atoms. The second kappa shape index (κ2) is 6.56. The van der Waals surface area contributed by atoms with E-state index in [1.165, 1.54) is 25.9 Å². The summed E-state index contributed by atoms with van der Waals surface area (Å²) < 4.78 is 0. The zero-order valence-electron chi connectivity index (χ0n) is 12.2. The summed E-state index contributed by atoms with van der Waals surface area (Å²) >= 11 is 0. The van der Waals surface area contributed by atoms with Crippen molar-refractivity contribution >= 4 is 11.5 Å². The van der Waals surface area contributed by atoms with Gasteiger partial charge in [0.05, 0.1) is 0 Å². The molecule has 6 nitrogen and oxygen atoms in total. The Hall–Kier alpha value is -1.82. The Balaban J connectivity index is 2.00. The zero-order chi connectivity index (χ0) is 14.5. The van der Waals surface area contributed by atoms with Crippen LogP contribution in [0.1, 0.15) is 18.5 Å². The molecule has 1 saturated heterocycles. The highest BCUT2D eigenvalue weighted by Crippen LogP contribution is 2.20. The average Bonchev–Trinajstić information content (AvgIpc) is 2.49. The molecule has 0 amide bonds. The van der Waals surface area contributed by atoms with Crippen LogP contribution in [0.3, 0.4) is 0 Å². The van der Waals surface area contributed by atoms with Crippen molar-refractivity contribution in [3.63, 3.8) is 0 Å². The largest absolute Gasteiger partial charge is 0.409 e. The number of hydrogen-bond acceptors (Lipinski definition) is 5. The molecule has 0 atom stereocenters. The van der Waals surface area contributed by atoms with E-state index in [1.807, 2.05) is 12.1 Å². The summed E-state index contributed by atoms with van der Waals surface area (Å²) in [5.74, 6) is 0.760. The second-order valence-electron chi connectivity index (χ2n) is 5.51. The first-order valence-corrected chi connectivity index (χ1v) is 6.93. The highest BCUT2D eigenvalue weighted by molar-refractivity contribution is 5.95. The predicted octanol–water partition coefficient (Wildman–Crippen LogP) is 0.954. The quantitative estimate of drug-likeness (QED) is 0.371. The first kappa shape index (κ1) is 14.6. The van der Waals surface area contributed by atoms with Crippen molar-refractivity contribution in [2.45, 2.75) is 12.8 Å². The average molecular weight is 277 g/mol. The van der Waals surface area contributed by atoms with Crippen LogP contribution < -0.4 is 10.6 Å². The van der Waals surface area contributed by atoms with E-state index < -0.39 is 0 Å². The fraction of sp³-hybridized carbons (Fsp3) is 0.571. The first-order valence-electron chi connectivity index (χ1n) is 6.93. The van der Waals surface area contributed by atoms with Gasteiger partial charge >= 0.3 is 0 Å². The number of rotatable bonds is 4. The zero-order valence-corrected chi connectivity index (χ0v) is 12.2. The molecule has 1 aliphatic rings. The molecule has 0 radical (unpaired) electrons. The van der Waals surface area contributed by atoms with E-state index in [0.29, 0.717) is 5.69 Å². The Kier molecular flexibility index (Phi) is 4.79. The number of aromatic nitrogens is 1. The van der Waals surface area contributed by atoms with Gasteiger partial charge in [0.2, 0.25) is 0 Å². The standard InChI is InChI=1S/C14H23N5O/c1-18-7-4-11(5-8-18)10-19(2)12-3-6-16-13(9-12)14(15)17-20/h3,6,9,11,20H,4-5,7-8,10H2,1-2H3,(H2,15,17). The van der Waals surface area contributed by atoms with E-state index in [0.717, 1.165) is 18.2 Å². The number of amidine groups is 1. The van der Waals surface area contributed by atoms with Crippen LogP contribution in [0.4, 0.5) is 5.69 Å². The van der Waals surface area contributed by atoms with Crippen LogP contribution in [0, 0.1) is 5.92 Å². The van der Waals surface area contributed by atoms with Crippen molar-refractivity contribution < 1.29 is 5.21 Å². The van der Waals surface area contributed by atoms with Gasteiger partial charge in [-0.3, -0.25) is 4.98 Å². The molecular formula is C14H23N5O. The molecule has 0 aliphatic carbocycles. The summed E-state index contributed by atoms with van der Waals surface area (Å²) in [7, 11) is 4.25. The molecule has 6 heteroatoms. The lowest BCUT2D eigenvalue weighted by atomic mass is 9.96. The Morgan fingerprint density at radius 1 is 1.55 bits per heavy atom. The van der Waals surface area contributed by atoms with Crippen molar-refractivity contribution in [1.29, 1.82) is 0 Å². The lowest BCUT2D eigenvalue weighted by molar-refractivity contribution is 0.222. The molecule has 2 heterocycles. The van der Waals surface area contributed by atoms with Gasteiger partial charge in [0, 0.05) is 25.5 Å². The van der Waals surface area contributed by atoms with Gasteiger partial charge in [-0.2, -0.15) is 0 Å². The minimum Gasteiger partial charge on any atom is -0.409 e. The molecule has 1 aliphatic heterocycles. The number of piperidine rings is 1. The van der Waals surface area contributed by atoms with Crippen LogP contribution in [0.25, 0.3) is 0 Å². The van der Waals surface area contributed by atoms with Crippen LogP contribution >= 0.6 is 0 Å². The molecule has 2 rings (SSSR count). The second-order valence-corrected chi connectivity index (χ2v) is 5.51. The molecule has 3 N–H and O–H groups in total. The molecule has 0 unspecified atom stereocenters. The third kappa shape index (κ3) is 3.60. The van der Waals surface area contributed by atoms with Crippen LogP contribution in [0.2, 0.25) is 0 Å². The van der Waals surface area contributed by atoms with E-state index in [1.54, 1.807) is 6.20 Å². The van der Waals surface area contributed by atoms with Gasteiger partial charge in [0.15, 0.2) is 5.84 Å². The molecule has 20 heavy (non-hydrogen) atoms. The smallest absolute Gasteiger partial charge is 0.188 e. The Labute approximate surface area is 119 Å². The molecule has 1 aromatic rings. The molecule has 110 valence electrons. The third-order valence-corrected chi connectivity index (χ3v) is 3.92. The Morgan fingerprint density at radius 3 is 2.90 bits per heavy atom. The Bertz CT molecular complexity index is 468. The highest BCUT2D eigenvalue weighted by Gasteiger charge is 2.18. The number of nitrogens with two attached hydrogens (primary N) is 1. The lowest BCUT2D eigenvalue weighted by Crippen LogP contribution is -2.35. The van der Waals surface area contributed by atoms with E-state index in [4.69, 9.17) is 10.9 Å². The van der Waals surface area contributed by atoms with E-state index in [9.17, 15) is 0 Å². The van der Waals surface area contributed by atoms with E-state index >= 15 is 0 Å². The summed E-state index contributed by atoms with van der Waals surface area (Å²) in [5.41, 5.74) is 7.12. The molecule has 1 aromatic heterocycles. The normalized spacial score (nSPS) is 18.2. The monoisotopic (exact) mass is 277 g/mol. The van der Waals surface area contributed by atoms with Gasteiger partial charge in [0.25, 0.3) is 0 Å². The lowest BCUT2D eigenvalue weighted by Gasteiger charge is -2.32. The number of oxime groups is 1. The van der Waals surface area contributed by atoms with Gasteiger partial charge in [-0.05, 0) is 51.0 Å². The van der Waals surface area contributed by atoms with E-state index in [-0.39, 0.29) is 5.84 Å². The van der Waals surface area contributed by atoms with Crippen LogP contribution in [0.15, 0.2) is 23.5 Å². The van der Waals surface area contributed by atoms with Crippen LogP contribution in [-0.2, 0) is 0 Å². The van der Waals surface area contributed by atoms with E-state index in [2.05, 4.69) is 34.0 Å². The molecule has 0 spiro atoms. The maximum absolute atomic E-state index is 8.71. The van der Waals surface area contributed by atoms with Crippen LogP contribution in [-0.4, -0.2) is 54.7 Å². The van der Waals surface area contributed by atoms with Gasteiger partial charge in [-0.25, -0.2) is 0 Å². The van der Waals surface area contributed by atoms with Crippen molar-refractivity contribution in [1.82, 2.24) is 9.88 Å². The summed E-state index contributed by atoms with van der Waals surface area (Å²) in [4.78, 5) is 8.69. The number of likely N-dealkylation sites (tertiary alicyclic amines) is 1. The summed E-state index contributed by atoms with van der Waals surface area (Å²) in [6, 6.07) is 3.80.